The van der Waals surface area contributed by atoms with E-state index in [2.05, 4.69) is 15.0 Å². The average molecular weight is 281 g/mol. The van der Waals surface area contributed by atoms with E-state index in [9.17, 15) is 4.79 Å². The molecule has 0 aliphatic heterocycles. The maximum atomic E-state index is 11.4. The van der Waals surface area contributed by atoms with Gasteiger partial charge in [0.2, 0.25) is 5.91 Å². The second kappa shape index (κ2) is 4.94. The van der Waals surface area contributed by atoms with Crippen molar-refractivity contribution in [1.82, 2.24) is 3.53 Å². The van der Waals surface area contributed by atoms with Crippen LogP contribution in [0.4, 0.5) is 0 Å². The van der Waals surface area contributed by atoms with Crippen LogP contribution in [-0.2, 0) is 4.79 Å². The molecule has 1 saturated carbocycles. The number of nitrogens with one attached hydrogen (secondary N) is 1. The average Bonchev–Trinajstić information content (AvgIpc) is 2.06. The molecular formula is C9H16INO. The Kier molecular flexibility index (Phi) is 4.18. The van der Waals surface area contributed by atoms with Gasteiger partial charge in [0.1, 0.15) is 0 Å². The van der Waals surface area contributed by atoms with Crippen LogP contribution >= 0.6 is 21.0 Å². The zero-order valence-corrected chi connectivity index (χ0v) is 9.63. The van der Waals surface area contributed by atoms with Gasteiger partial charge in [-0.05, 0) is 57.1 Å². The third-order valence-electron chi connectivity index (χ3n) is 2.55. The molecule has 0 heterocycles. The molecule has 70 valence electrons. The summed E-state index contributed by atoms with van der Waals surface area (Å²) in [5.74, 6) is 1.37. The maximum absolute atomic E-state index is 11.4. The Morgan fingerprint density at radius 2 is 2.00 bits per heavy atom. The van der Waals surface area contributed by atoms with Gasteiger partial charge in [-0.1, -0.05) is 6.92 Å². The quantitative estimate of drug-likeness (QED) is 0.610. The Morgan fingerprint density at radius 3 is 2.50 bits per heavy atom. The molecule has 3 heteroatoms. The molecule has 0 aromatic carbocycles. The lowest BCUT2D eigenvalue weighted by molar-refractivity contribution is -0.123. The smallest absolute Gasteiger partial charge is 0.231 e. The summed E-state index contributed by atoms with van der Waals surface area (Å²) in [5, 5.41) is 0. The summed E-state index contributed by atoms with van der Waals surface area (Å²) in [6.45, 7) is 2.27. The van der Waals surface area contributed by atoms with E-state index in [1.807, 2.05) is 0 Å². The Labute approximate surface area is 84.2 Å². The fourth-order valence-electron chi connectivity index (χ4n) is 1.67. The molecule has 0 aromatic heterocycles. The van der Waals surface area contributed by atoms with Crippen LogP contribution in [-0.4, -0.2) is 10.4 Å². The molecule has 1 fully saturated rings. The van der Waals surface area contributed by atoms with Crippen LogP contribution in [0.1, 0.15) is 32.6 Å². The minimum atomic E-state index is -0.321. The summed E-state index contributed by atoms with van der Waals surface area (Å²) in [7, 11) is 0. The fraction of sp³-hybridized carbons (Fsp3) is 0.778. The number of carbonyl (C=O) groups is 1. The maximum Gasteiger partial charge on any atom is 0.231 e. The van der Waals surface area contributed by atoms with Crippen molar-refractivity contribution < 1.29 is 4.79 Å². The summed E-state index contributed by atoms with van der Waals surface area (Å²) >= 11 is -0.321. The van der Waals surface area contributed by atoms with Gasteiger partial charge < -0.3 is 3.53 Å². The number of hydrogen-bond donors (Lipinski definition) is 1. The minimum Gasteiger partial charge on any atom is -0.304 e. The first-order chi connectivity index (χ1) is 5.74. The van der Waals surface area contributed by atoms with Crippen molar-refractivity contribution in [2.75, 3.05) is 0 Å². The molecule has 0 atom stereocenters. The largest absolute Gasteiger partial charge is 0.304 e. The summed E-state index contributed by atoms with van der Waals surface area (Å²) in [5.41, 5.74) is 0. The van der Waals surface area contributed by atoms with Gasteiger partial charge in [-0.2, -0.15) is 0 Å². The van der Waals surface area contributed by atoms with Gasteiger partial charge in [-0.25, -0.2) is 0 Å². The van der Waals surface area contributed by atoms with Gasteiger partial charge in [0.15, 0.2) is 0 Å². The molecule has 0 saturated heterocycles. The molecule has 0 radical (unpaired) electrons. The molecule has 0 aromatic rings. The minimum absolute atomic E-state index is 0.254. The number of rotatable bonds is 2. The lowest BCUT2D eigenvalue weighted by atomic mass is 9.83. The highest BCUT2D eigenvalue weighted by atomic mass is 127. The van der Waals surface area contributed by atoms with E-state index in [0.717, 1.165) is 18.8 Å². The fourth-order valence-corrected chi connectivity index (χ4v) is 2.48. The van der Waals surface area contributed by atoms with Gasteiger partial charge in [-0.15, -0.1) is 0 Å². The molecule has 2 nitrogen and oxygen atoms in total. The first-order valence-corrected chi connectivity index (χ1v) is 7.01. The lowest BCUT2D eigenvalue weighted by Gasteiger charge is -2.24. The van der Waals surface area contributed by atoms with Gasteiger partial charge in [0.05, 0.1) is 0 Å². The molecule has 1 amide bonds. The van der Waals surface area contributed by atoms with Crippen LogP contribution in [0.25, 0.3) is 0 Å². The molecule has 0 spiro atoms. The predicted molar refractivity (Wildman–Crippen MR) is 60.4 cm³/mol. The van der Waals surface area contributed by atoms with E-state index in [4.69, 9.17) is 0 Å². The highest BCUT2D eigenvalue weighted by molar-refractivity contribution is 14.2. The van der Waals surface area contributed by atoms with Crippen LogP contribution < -0.4 is 3.53 Å². The van der Waals surface area contributed by atoms with Crippen LogP contribution in [0.5, 0.6) is 0 Å². The Balaban J connectivity index is 2.33. The molecule has 1 aliphatic carbocycles. The summed E-state index contributed by atoms with van der Waals surface area (Å²) < 4.78 is 6.60. The lowest BCUT2D eigenvalue weighted by Crippen LogP contribution is -2.27. The van der Waals surface area contributed by atoms with E-state index in [1.165, 1.54) is 12.8 Å². The standard InChI is InChI=1S/C9H16INO/c1-7-3-5-8(6-4-7)9(12)11-10-2/h7-8H,2-6H2,1H3,(H,11,12). The number of hydrogen-bond acceptors (Lipinski definition) is 1. The van der Waals surface area contributed by atoms with E-state index in [0.29, 0.717) is 5.92 Å². The van der Waals surface area contributed by atoms with Gasteiger partial charge in [0, 0.05) is 5.92 Å². The summed E-state index contributed by atoms with van der Waals surface area (Å²) in [6.07, 6.45) is 4.59. The third-order valence-corrected chi connectivity index (χ3v) is 3.46. The van der Waals surface area contributed by atoms with Crippen molar-refractivity contribution in [3.05, 3.63) is 0 Å². The van der Waals surface area contributed by atoms with Crippen LogP contribution in [0.3, 0.4) is 0 Å². The zero-order valence-electron chi connectivity index (χ0n) is 7.48. The molecular weight excluding hydrogens is 265 g/mol. The highest BCUT2D eigenvalue weighted by Crippen LogP contribution is 2.28. The van der Waals surface area contributed by atoms with Crippen molar-refractivity contribution in [1.29, 1.82) is 0 Å². The second-order valence-electron chi connectivity index (χ2n) is 3.55. The topological polar surface area (TPSA) is 29.1 Å². The third kappa shape index (κ3) is 2.84. The SMILES string of the molecule is C=INC(=O)C1CCC(C)CC1. The zero-order chi connectivity index (χ0) is 8.97. The first-order valence-electron chi connectivity index (χ1n) is 4.41. The van der Waals surface area contributed by atoms with E-state index in [1.54, 1.807) is 0 Å². The monoisotopic (exact) mass is 281 g/mol. The number of amides is 1. The molecule has 0 unspecified atom stereocenters. The Bertz CT molecular complexity index is 173. The van der Waals surface area contributed by atoms with E-state index >= 15 is 0 Å². The van der Waals surface area contributed by atoms with Gasteiger partial charge in [-0.3, -0.25) is 4.79 Å². The second-order valence-corrected chi connectivity index (χ2v) is 4.85. The molecule has 1 rings (SSSR count). The predicted octanol–water partition coefficient (Wildman–Crippen LogP) is 2.25. The highest BCUT2D eigenvalue weighted by Gasteiger charge is 2.23. The number of carbonyl (C=O) groups excluding carboxylic acids is 1. The van der Waals surface area contributed by atoms with Crippen LogP contribution in [0.15, 0.2) is 0 Å². The van der Waals surface area contributed by atoms with E-state index in [-0.39, 0.29) is 26.9 Å². The first kappa shape index (κ1) is 10.2. The van der Waals surface area contributed by atoms with Gasteiger partial charge in [0.25, 0.3) is 0 Å². The van der Waals surface area contributed by atoms with E-state index < -0.39 is 0 Å². The molecule has 1 N–H and O–H groups in total. The van der Waals surface area contributed by atoms with Crippen LogP contribution in [0.2, 0.25) is 0 Å². The Morgan fingerprint density at radius 1 is 1.42 bits per heavy atom. The number of halogens is 1. The van der Waals surface area contributed by atoms with Gasteiger partial charge >= 0.3 is 0 Å². The summed E-state index contributed by atoms with van der Waals surface area (Å²) in [4.78, 5) is 11.4. The van der Waals surface area contributed by atoms with Crippen molar-refractivity contribution in [2.24, 2.45) is 11.8 Å². The normalized spacial score (nSPS) is 29.8. The molecule has 1 aliphatic rings. The van der Waals surface area contributed by atoms with Crippen molar-refractivity contribution >= 4 is 31.4 Å². The van der Waals surface area contributed by atoms with Crippen molar-refractivity contribution in [3.8, 4) is 0 Å². The summed E-state index contributed by atoms with van der Waals surface area (Å²) in [6, 6.07) is 0. The van der Waals surface area contributed by atoms with Crippen LogP contribution in [0, 0.1) is 11.8 Å². The van der Waals surface area contributed by atoms with Crippen molar-refractivity contribution in [3.63, 3.8) is 0 Å². The van der Waals surface area contributed by atoms with Crippen molar-refractivity contribution in [2.45, 2.75) is 32.6 Å². The molecule has 12 heavy (non-hydrogen) atoms. The Hall–Kier alpha value is 0.0700. The molecule has 0 bridgehead atoms.